The Morgan fingerprint density at radius 3 is 2.16 bits per heavy atom. The highest BCUT2D eigenvalue weighted by Crippen LogP contribution is 2.34. The third-order valence-corrected chi connectivity index (χ3v) is 3.61. The van der Waals surface area contributed by atoms with Gasteiger partial charge in [-0.05, 0) is 51.6 Å². The summed E-state index contributed by atoms with van der Waals surface area (Å²) in [5.74, 6) is -0.0561. The van der Waals surface area contributed by atoms with E-state index in [4.69, 9.17) is 4.74 Å². The normalized spacial score (nSPS) is 18.4. The Balaban J connectivity index is 2.29. The van der Waals surface area contributed by atoms with Gasteiger partial charge in [-0.25, -0.2) is 0 Å². The van der Waals surface area contributed by atoms with Crippen LogP contribution in [0.3, 0.4) is 0 Å². The Morgan fingerprint density at radius 2 is 1.63 bits per heavy atom. The minimum Gasteiger partial charge on any atom is -0.464 e. The van der Waals surface area contributed by atoms with Gasteiger partial charge in [-0.1, -0.05) is 27.2 Å². The van der Waals surface area contributed by atoms with Gasteiger partial charge in [-0.15, -0.1) is 0 Å². The van der Waals surface area contributed by atoms with Crippen LogP contribution in [0.15, 0.2) is 0 Å². The van der Waals surface area contributed by atoms with Crippen molar-refractivity contribution < 1.29 is 9.53 Å². The molecule has 1 aliphatic rings. The molecule has 0 radical (unpaired) electrons. The van der Waals surface area contributed by atoms with E-state index in [1.54, 1.807) is 0 Å². The minimum absolute atomic E-state index is 0.0561. The summed E-state index contributed by atoms with van der Waals surface area (Å²) in [6, 6.07) is 0. The Morgan fingerprint density at radius 1 is 1.05 bits per heavy atom. The lowest BCUT2D eigenvalue weighted by Gasteiger charge is -2.31. The lowest BCUT2D eigenvalue weighted by molar-refractivity contribution is -0.156. The highest BCUT2D eigenvalue weighted by atomic mass is 16.5. The van der Waals surface area contributed by atoms with Crippen molar-refractivity contribution in [3.63, 3.8) is 0 Å². The molecule has 0 aromatic rings. The molecule has 3 nitrogen and oxygen atoms in total. The molecule has 0 aliphatic carbocycles. The predicted octanol–water partition coefficient (Wildman–Crippen LogP) is 3.48. The number of carbonyl (C=O) groups excluding carboxylic acids is 1. The molecular formula is C16H31NO2. The van der Waals surface area contributed by atoms with Gasteiger partial charge in [0.15, 0.2) is 0 Å². The fraction of sp³-hybridized carbons (Fsp3) is 0.938. The average molecular weight is 269 g/mol. The molecule has 19 heavy (non-hydrogen) atoms. The summed E-state index contributed by atoms with van der Waals surface area (Å²) in [5.41, 5.74) is -0.241. The van der Waals surface area contributed by atoms with Crippen LogP contribution in [-0.2, 0) is 9.53 Å². The van der Waals surface area contributed by atoms with Crippen molar-refractivity contribution in [3.05, 3.63) is 0 Å². The van der Waals surface area contributed by atoms with E-state index < -0.39 is 0 Å². The molecule has 0 N–H and O–H groups in total. The number of hydrogen-bond donors (Lipinski definition) is 0. The third-order valence-electron chi connectivity index (χ3n) is 3.61. The molecule has 0 atom stereocenters. The van der Waals surface area contributed by atoms with Gasteiger partial charge in [0, 0.05) is 6.54 Å². The maximum atomic E-state index is 12.1. The van der Waals surface area contributed by atoms with Gasteiger partial charge >= 0.3 is 5.97 Å². The fourth-order valence-electron chi connectivity index (χ4n) is 3.04. The second kappa shape index (κ2) is 6.74. The SMILES string of the molecule is CC(C)(C)CC(C)(C)C(=O)OCCN1CCCCC1. The third kappa shape index (κ3) is 6.42. The minimum atomic E-state index is -0.389. The molecule has 0 spiro atoms. The first kappa shape index (κ1) is 16.5. The Hall–Kier alpha value is -0.570. The Labute approximate surface area is 118 Å². The second-order valence-corrected chi connectivity index (χ2v) is 7.66. The van der Waals surface area contributed by atoms with Crippen LogP contribution < -0.4 is 0 Å². The van der Waals surface area contributed by atoms with E-state index in [0.717, 1.165) is 26.1 Å². The summed E-state index contributed by atoms with van der Waals surface area (Å²) >= 11 is 0. The summed E-state index contributed by atoms with van der Waals surface area (Å²) in [6.45, 7) is 14.2. The Kier molecular flexibility index (Phi) is 5.84. The van der Waals surface area contributed by atoms with Crippen LogP contribution >= 0.6 is 0 Å². The van der Waals surface area contributed by atoms with Gasteiger partial charge in [-0.2, -0.15) is 0 Å². The van der Waals surface area contributed by atoms with Crippen molar-refractivity contribution in [1.82, 2.24) is 4.90 Å². The summed E-state index contributed by atoms with van der Waals surface area (Å²) in [7, 11) is 0. The number of rotatable bonds is 5. The topological polar surface area (TPSA) is 29.5 Å². The zero-order valence-electron chi connectivity index (χ0n) is 13.4. The van der Waals surface area contributed by atoms with Crippen molar-refractivity contribution in [2.45, 2.75) is 60.3 Å². The lowest BCUT2D eigenvalue weighted by atomic mass is 9.76. The quantitative estimate of drug-likeness (QED) is 0.716. The molecule has 3 heteroatoms. The van der Waals surface area contributed by atoms with Crippen molar-refractivity contribution in [2.24, 2.45) is 10.8 Å². The summed E-state index contributed by atoms with van der Waals surface area (Å²) < 4.78 is 5.47. The zero-order chi connectivity index (χ0) is 14.5. The molecule has 0 amide bonds. The number of ether oxygens (including phenoxy) is 1. The molecule has 112 valence electrons. The van der Waals surface area contributed by atoms with Crippen LogP contribution in [0, 0.1) is 10.8 Å². The lowest BCUT2D eigenvalue weighted by Crippen LogP contribution is -2.36. The van der Waals surface area contributed by atoms with Gasteiger partial charge in [0.2, 0.25) is 0 Å². The van der Waals surface area contributed by atoms with Crippen molar-refractivity contribution >= 4 is 5.97 Å². The van der Waals surface area contributed by atoms with Crippen molar-refractivity contribution in [2.75, 3.05) is 26.2 Å². The first-order valence-corrected chi connectivity index (χ1v) is 7.60. The van der Waals surface area contributed by atoms with Gasteiger partial charge < -0.3 is 4.74 Å². The highest BCUT2D eigenvalue weighted by Gasteiger charge is 2.33. The van der Waals surface area contributed by atoms with E-state index >= 15 is 0 Å². The molecule has 0 unspecified atom stereocenters. The molecule has 0 aromatic heterocycles. The van der Waals surface area contributed by atoms with Gasteiger partial charge in [0.25, 0.3) is 0 Å². The van der Waals surface area contributed by atoms with Crippen molar-refractivity contribution in [3.8, 4) is 0 Å². The average Bonchev–Trinajstić information content (AvgIpc) is 2.27. The van der Waals surface area contributed by atoms with Crippen LogP contribution in [0.5, 0.6) is 0 Å². The van der Waals surface area contributed by atoms with Gasteiger partial charge in [0.1, 0.15) is 6.61 Å². The van der Waals surface area contributed by atoms with Gasteiger partial charge in [0.05, 0.1) is 5.41 Å². The van der Waals surface area contributed by atoms with E-state index in [-0.39, 0.29) is 16.8 Å². The predicted molar refractivity (Wildman–Crippen MR) is 79.1 cm³/mol. The molecule has 1 aliphatic heterocycles. The van der Waals surface area contributed by atoms with Crippen molar-refractivity contribution in [1.29, 1.82) is 0 Å². The molecule has 0 bridgehead atoms. The van der Waals surface area contributed by atoms with E-state index in [1.807, 2.05) is 13.8 Å². The molecule has 1 rings (SSSR count). The summed E-state index contributed by atoms with van der Waals surface area (Å²) in [4.78, 5) is 14.5. The fourth-order valence-corrected chi connectivity index (χ4v) is 3.04. The standard InChI is InChI=1S/C16H31NO2/c1-15(2,3)13-16(4,5)14(18)19-12-11-17-9-7-6-8-10-17/h6-13H2,1-5H3. The summed E-state index contributed by atoms with van der Waals surface area (Å²) in [5, 5.41) is 0. The number of esters is 1. The molecule has 1 heterocycles. The zero-order valence-corrected chi connectivity index (χ0v) is 13.4. The molecule has 0 saturated carbocycles. The van der Waals surface area contributed by atoms with E-state index in [9.17, 15) is 4.79 Å². The largest absolute Gasteiger partial charge is 0.464 e. The van der Waals surface area contributed by atoms with Crippen LogP contribution in [-0.4, -0.2) is 37.1 Å². The first-order valence-electron chi connectivity index (χ1n) is 7.60. The Bertz CT molecular complexity index is 286. The smallest absolute Gasteiger partial charge is 0.311 e. The van der Waals surface area contributed by atoms with Crippen LogP contribution in [0.4, 0.5) is 0 Å². The number of carbonyl (C=O) groups is 1. The number of likely N-dealkylation sites (tertiary alicyclic amines) is 1. The maximum absolute atomic E-state index is 12.1. The van der Waals surface area contributed by atoms with E-state index in [2.05, 4.69) is 25.7 Å². The van der Waals surface area contributed by atoms with Crippen LogP contribution in [0.2, 0.25) is 0 Å². The van der Waals surface area contributed by atoms with Crippen LogP contribution in [0.1, 0.15) is 60.3 Å². The number of piperidine rings is 1. The second-order valence-electron chi connectivity index (χ2n) is 7.66. The highest BCUT2D eigenvalue weighted by molar-refractivity contribution is 5.75. The van der Waals surface area contributed by atoms with E-state index in [0.29, 0.717) is 6.61 Å². The van der Waals surface area contributed by atoms with Crippen LogP contribution in [0.25, 0.3) is 0 Å². The number of hydrogen-bond acceptors (Lipinski definition) is 3. The summed E-state index contributed by atoms with van der Waals surface area (Å²) in [6.07, 6.45) is 4.75. The van der Waals surface area contributed by atoms with Gasteiger partial charge in [-0.3, -0.25) is 9.69 Å². The maximum Gasteiger partial charge on any atom is 0.311 e. The number of nitrogens with zero attached hydrogens (tertiary/aromatic N) is 1. The molecule has 1 saturated heterocycles. The molecular weight excluding hydrogens is 238 g/mol. The first-order chi connectivity index (χ1) is 8.71. The monoisotopic (exact) mass is 269 g/mol. The molecule has 0 aromatic carbocycles. The van der Waals surface area contributed by atoms with E-state index in [1.165, 1.54) is 19.3 Å². The molecule has 1 fully saturated rings.